The van der Waals surface area contributed by atoms with Crippen molar-refractivity contribution in [3.8, 4) is 0 Å². The number of nitrogens with one attached hydrogen (secondary N) is 1. The fourth-order valence-corrected chi connectivity index (χ4v) is 1.29. The van der Waals surface area contributed by atoms with Gasteiger partial charge in [-0.25, -0.2) is 9.78 Å². The summed E-state index contributed by atoms with van der Waals surface area (Å²) >= 11 is 0. The summed E-state index contributed by atoms with van der Waals surface area (Å²) in [6, 6.07) is 3.28. The second-order valence-electron chi connectivity index (χ2n) is 2.67. The van der Waals surface area contributed by atoms with Crippen LogP contribution >= 0.6 is 0 Å². The molecule has 2 heterocycles. The Labute approximate surface area is 69.2 Å². The highest BCUT2D eigenvalue weighted by Crippen LogP contribution is 2.19. The van der Waals surface area contributed by atoms with E-state index in [9.17, 15) is 4.79 Å². The van der Waals surface area contributed by atoms with Gasteiger partial charge in [0.25, 0.3) is 0 Å². The summed E-state index contributed by atoms with van der Waals surface area (Å²) in [5.41, 5.74) is 1.94. The van der Waals surface area contributed by atoms with Crippen LogP contribution in [0.25, 0.3) is 0 Å². The highest BCUT2D eigenvalue weighted by Gasteiger charge is 2.13. The molecule has 0 atom stereocenters. The van der Waals surface area contributed by atoms with Crippen LogP contribution in [0.3, 0.4) is 0 Å². The highest BCUT2D eigenvalue weighted by atomic mass is 16.4. The fraction of sp³-hybridized carbons (Fsp3) is 0.250. The number of nitrogens with zero attached hydrogens (tertiary/aromatic N) is 1. The van der Waals surface area contributed by atoms with Crippen LogP contribution in [0.1, 0.15) is 16.2 Å². The molecular weight excluding hydrogens is 156 g/mol. The summed E-state index contributed by atoms with van der Waals surface area (Å²) in [4.78, 5) is 14.5. The first-order valence-corrected chi connectivity index (χ1v) is 3.74. The van der Waals surface area contributed by atoms with Crippen LogP contribution in [-0.4, -0.2) is 22.6 Å². The summed E-state index contributed by atoms with van der Waals surface area (Å²) in [5, 5.41) is 11.7. The molecule has 0 bridgehead atoms. The number of hydrogen-bond acceptors (Lipinski definition) is 3. The molecule has 0 aromatic carbocycles. The molecule has 0 amide bonds. The first-order valence-electron chi connectivity index (χ1n) is 3.74. The molecule has 0 unspecified atom stereocenters. The average Bonchev–Trinajstić information content (AvgIpc) is 2.49. The van der Waals surface area contributed by atoms with Crippen molar-refractivity contribution < 1.29 is 9.90 Å². The SMILES string of the molecule is O=C(O)c1ccc2c(n1)CCN2. The lowest BCUT2D eigenvalue weighted by Crippen LogP contribution is -2.01. The van der Waals surface area contributed by atoms with Crippen molar-refractivity contribution in [2.75, 3.05) is 11.9 Å². The molecule has 1 aromatic rings. The molecule has 1 aromatic heterocycles. The Balaban J connectivity index is 2.45. The van der Waals surface area contributed by atoms with Gasteiger partial charge in [-0.05, 0) is 12.1 Å². The van der Waals surface area contributed by atoms with E-state index >= 15 is 0 Å². The van der Waals surface area contributed by atoms with Crippen LogP contribution in [0.5, 0.6) is 0 Å². The Hall–Kier alpha value is -1.58. The number of carbonyl (C=O) groups is 1. The van der Waals surface area contributed by atoms with E-state index in [1.54, 1.807) is 6.07 Å². The van der Waals surface area contributed by atoms with Gasteiger partial charge < -0.3 is 10.4 Å². The first kappa shape index (κ1) is 7.09. The Bertz CT molecular complexity index is 336. The molecule has 1 aliphatic rings. The summed E-state index contributed by atoms with van der Waals surface area (Å²) in [7, 11) is 0. The van der Waals surface area contributed by atoms with Gasteiger partial charge in [0.1, 0.15) is 5.69 Å². The minimum atomic E-state index is -0.968. The monoisotopic (exact) mass is 164 g/mol. The first-order chi connectivity index (χ1) is 5.77. The Morgan fingerprint density at radius 2 is 2.42 bits per heavy atom. The van der Waals surface area contributed by atoms with Crippen LogP contribution < -0.4 is 5.32 Å². The topological polar surface area (TPSA) is 62.2 Å². The second-order valence-corrected chi connectivity index (χ2v) is 2.67. The van der Waals surface area contributed by atoms with Gasteiger partial charge in [-0.15, -0.1) is 0 Å². The number of pyridine rings is 1. The molecule has 0 fully saturated rings. The van der Waals surface area contributed by atoms with Gasteiger partial charge in [-0.3, -0.25) is 0 Å². The third-order valence-electron chi connectivity index (χ3n) is 1.87. The Morgan fingerprint density at radius 3 is 3.17 bits per heavy atom. The van der Waals surface area contributed by atoms with E-state index in [0.717, 1.165) is 24.3 Å². The van der Waals surface area contributed by atoms with Crippen molar-refractivity contribution in [2.45, 2.75) is 6.42 Å². The lowest BCUT2D eigenvalue weighted by atomic mass is 10.2. The Kier molecular flexibility index (Phi) is 1.46. The van der Waals surface area contributed by atoms with E-state index in [0.29, 0.717) is 0 Å². The molecule has 2 N–H and O–H groups in total. The maximum Gasteiger partial charge on any atom is 0.354 e. The van der Waals surface area contributed by atoms with Gasteiger partial charge in [0.05, 0.1) is 11.4 Å². The van der Waals surface area contributed by atoms with E-state index in [2.05, 4.69) is 10.3 Å². The lowest BCUT2D eigenvalue weighted by Gasteiger charge is -1.98. The predicted octanol–water partition coefficient (Wildman–Crippen LogP) is 0.748. The molecule has 0 spiro atoms. The zero-order valence-corrected chi connectivity index (χ0v) is 6.37. The largest absolute Gasteiger partial charge is 0.477 e. The molecule has 2 rings (SSSR count). The summed E-state index contributed by atoms with van der Waals surface area (Å²) in [6.07, 6.45) is 0.816. The van der Waals surface area contributed by atoms with E-state index in [4.69, 9.17) is 5.11 Å². The van der Waals surface area contributed by atoms with Crippen molar-refractivity contribution in [1.29, 1.82) is 0 Å². The third-order valence-corrected chi connectivity index (χ3v) is 1.87. The maximum absolute atomic E-state index is 10.5. The summed E-state index contributed by atoms with van der Waals surface area (Å²) < 4.78 is 0. The zero-order valence-electron chi connectivity index (χ0n) is 6.37. The number of anilines is 1. The summed E-state index contributed by atoms with van der Waals surface area (Å²) in [5.74, 6) is -0.968. The van der Waals surface area contributed by atoms with E-state index in [-0.39, 0.29) is 5.69 Å². The second kappa shape index (κ2) is 2.48. The minimum absolute atomic E-state index is 0.123. The molecule has 0 radical (unpaired) electrons. The smallest absolute Gasteiger partial charge is 0.354 e. The van der Waals surface area contributed by atoms with E-state index in [1.165, 1.54) is 6.07 Å². The van der Waals surface area contributed by atoms with Gasteiger partial charge in [-0.2, -0.15) is 0 Å². The number of fused-ring (bicyclic) bond motifs is 1. The van der Waals surface area contributed by atoms with E-state index in [1.807, 2.05) is 0 Å². The van der Waals surface area contributed by atoms with Crippen molar-refractivity contribution in [3.05, 3.63) is 23.5 Å². The van der Waals surface area contributed by atoms with E-state index < -0.39 is 5.97 Å². The van der Waals surface area contributed by atoms with Gasteiger partial charge >= 0.3 is 5.97 Å². The number of hydrogen-bond donors (Lipinski definition) is 2. The fourth-order valence-electron chi connectivity index (χ4n) is 1.29. The predicted molar refractivity (Wildman–Crippen MR) is 43.4 cm³/mol. The van der Waals surface area contributed by atoms with Gasteiger partial charge in [0.2, 0.25) is 0 Å². The Morgan fingerprint density at radius 1 is 1.58 bits per heavy atom. The molecule has 4 nitrogen and oxygen atoms in total. The number of carboxylic acid groups (broad SMARTS) is 1. The lowest BCUT2D eigenvalue weighted by molar-refractivity contribution is 0.0690. The molecule has 1 aliphatic heterocycles. The van der Waals surface area contributed by atoms with Crippen molar-refractivity contribution in [1.82, 2.24) is 4.98 Å². The zero-order chi connectivity index (χ0) is 8.55. The number of rotatable bonds is 1. The minimum Gasteiger partial charge on any atom is -0.477 e. The molecule has 0 aliphatic carbocycles. The van der Waals surface area contributed by atoms with Crippen LogP contribution in [0.15, 0.2) is 12.1 Å². The molecule has 62 valence electrons. The molecule has 12 heavy (non-hydrogen) atoms. The van der Waals surface area contributed by atoms with Crippen molar-refractivity contribution in [2.24, 2.45) is 0 Å². The highest BCUT2D eigenvalue weighted by molar-refractivity contribution is 5.85. The van der Waals surface area contributed by atoms with Gasteiger partial charge in [0.15, 0.2) is 0 Å². The van der Waals surface area contributed by atoms with Gasteiger partial charge in [-0.1, -0.05) is 0 Å². The number of aromatic nitrogens is 1. The molecule has 0 saturated heterocycles. The number of carboxylic acids is 1. The van der Waals surface area contributed by atoms with Crippen LogP contribution in [0, 0.1) is 0 Å². The van der Waals surface area contributed by atoms with Crippen molar-refractivity contribution in [3.63, 3.8) is 0 Å². The van der Waals surface area contributed by atoms with Crippen LogP contribution in [0.4, 0.5) is 5.69 Å². The summed E-state index contributed by atoms with van der Waals surface area (Å²) in [6.45, 7) is 0.853. The average molecular weight is 164 g/mol. The van der Waals surface area contributed by atoms with Crippen molar-refractivity contribution >= 4 is 11.7 Å². The maximum atomic E-state index is 10.5. The molecule has 0 saturated carbocycles. The van der Waals surface area contributed by atoms with Crippen LogP contribution in [-0.2, 0) is 6.42 Å². The molecule has 4 heteroatoms. The quantitative estimate of drug-likeness (QED) is 0.642. The molecular formula is C8H8N2O2. The van der Waals surface area contributed by atoms with Crippen LogP contribution in [0.2, 0.25) is 0 Å². The third kappa shape index (κ3) is 1.01. The normalized spacial score (nSPS) is 13.7. The number of aromatic carboxylic acids is 1. The standard InChI is InChI=1S/C8H8N2O2/c11-8(12)7-2-1-5-6(10-7)3-4-9-5/h1-2,9H,3-4H2,(H,11,12). The van der Waals surface area contributed by atoms with Gasteiger partial charge in [0, 0.05) is 13.0 Å².